The van der Waals surface area contributed by atoms with Gasteiger partial charge in [-0.05, 0) is 24.1 Å². The molecule has 1 N–H and O–H groups in total. The maximum absolute atomic E-state index is 13.7. The fourth-order valence-electron chi connectivity index (χ4n) is 5.60. The number of hydrogen-bond donors (Lipinski definition) is 1. The zero-order valence-corrected chi connectivity index (χ0v) is 34.0. The van der Waals surface area contributed by atoms with Gasteiger partial charge in [-0.2, -0.15) is 0 Å². The van der Waals surface area contributed by atoms with E-state index in [1.165, 1.54) is 51.8 Å². The molecule has 0 aliphatic carbocycles. The Morgan fingerprint density at radius 3 is 1.81 bits per heavy atom. The Morgan fingerprint density at radius 2 is 1.25 bits per heavy atom. The van der Waals surface area contributed by atoms with E-state index in [0.29, 0.717) is 12.7 Å². The van der Waals surface area contributed by atoms with Crippen LogP contribution >= 0.6 is 0 Å². The molecule has 6 amide bonds. The lowest BCUT2D eigenvalue weighted by Gasteiger charge is -2.31. The third-order valence-corrected chi connectivity index (χ3v) is 8.71. The maximum atomic E-state index is 13.7. The highest BCUT2D eigenvalue weighted by molar-refractivity contribution is 5.93. The number of benzene rings is 2. The predicted octanol–water partition coefficient (Wildman–Crippen LogP) is 0.464. The number of nitrogens with zero attached hydrogens (tertiary/aromatic N) is 6. The van der Waals surface area contributed by atoms with Crippen molar-refractivity contribution in [1.29, 1.82) is 0 Å². The minimum Gasteiger partial charge on any atom is -0.424 e. The fourth-order valence-corrected chi connectivity index (χ4v) is 5.60. The summed E-state index contributed by atoms with van der Waals surface area (Å²) in [7, 11) is 1.44. The number of esters is 1. The van der Waals surface area contributed by atoms with Crippen molar-refractivity contribution in [2.45, 2.75) is 26.8 Å². The van der Waals surface area contributed by atoms with E-state index in [0.717, 1.165) is 15.4 Å². The second-order valence-electron chi connectivity index (χ2n) is 13.2. The lowest BCUT2D eigenvalue weighted by Crippen LogP contribution is -2.52. The van der Waals surface area contributed by atoms with Crippen molar-refractivity contribution in [2.24, 2.45) is 0 Å². The van der Waals surface area contributed by atoms with Gasteiger partial charge in [0.2, 0.25) is 35.4 Å². The first-order valence-corrected chi connectivity index (χ1v) is 18.9. The van der Waals surface area contributed by atoms with Crippen LogP contribution in [-0.4, -0.2) is 175 Å². The molecular weight excluding hydrogens is 764 g/mol. The first-order valence-electron chi connectivity index (χ1n) is 18.9. The first kappa shape index (κ1) is 48.8. The second-order valence-corrected chi connectivity index (χ2v) is 13.2. The van der Waals surface area contributed by atoms with Gasteiger partial charge in [0.15, 0.2) is 6.29 Å². The van der Waals surface area contributed by atoms with E-state index in [-0.39, 0.29) is 69.6 Å². The quantitative estimate of drug-likeness (QED) is 0.0456. The molecule has 0 spiro atoms. The van der Waals surface area contributed by atoms with Gasteiger partial charge in [0.1, 0.15) is 31.9 Å². The monoisotopic (exact) mass is 818 g/mol. The molecule has 0 atom stereocenters. The highest BCUT2D eigenvalue weighted by Gasteiger charge is 2.29. The number of ether oxygens (including phenoxy) is 2. The van der Waals surface area contributed by atoms with Gasteiger partial charge in [-0.3, -0.25) is 33.6 Å². The molecule has 0 heterocycles. The molecule has 0 unspecified atom stereocenters. The topological polar surface area (TPSA) is 195 Å². The van der Waals surface area contributed by atoms with Gasteiger partial charge in [0, 0.05) is 46.8 Å². The van der Waals surface area contributed by atoms with Crippen molar-refractivity contribution in [3.05, 3.63) is 78.4 Å². The van der Waals surface area contributed by atoms with Gasteiger partial charge in [-0.15, -0.1) is 13.0 Å². The van der Waals surface area contributed by atoms with Crippen molar-refractivity contribution in [2.75, 3.05) is 92.3 Å². The number of aliphatic hydroxyl groups is 1. The fraction of sp³-hybridized carbons (Fsp3) is 0.429. The van der Waals surface area contributed by atoms with Crippen LogP contribution in [0.4, 0.5) is 0 Å². The van der Waals surface area contributed by atoms with E-state index in [4.69, 9.17) is 15.9 Å². The SMILES string of the molecule is C#CCN(CC(=O)N(CCO)CC(=O)Oc1ccccc1C=O)C(=O)CN(CCC)C(=O)CN(CC=C)C(=O)CN(CCOC)C(=O)CN(Cc1ccccc1)C(C)=O. The summed E-state index contributed by atoms with van der Waals surface area (Å²) < 4.78 is 10.4. The number of terminal acetylenes is 1. The Kier molecular flexibility index (Phi) is 21.9. The summed E-state index contributed by atoms with van der Waals surface area (Å²) >= 11 is 0. The third kappa shape index (κ3) is 16.9. The number of amides is 6. The lowest BCUT2D eigenvalue weighted by molar-refractivity contribution is -0.148. The molecule has 0 radical (unpaired) electrons. The first-order chi connectivity index (χ1) is 28.3. The molecule has 0 saturated heterocycles. The van der Waals surface area contributed by atoms with Crippen molar-refractivity contribution in [3.63, 3.8) is 0 Å². The van der Waals surface area contributed by atoms with Crippen LogP contribution in [0, 0.1) is 12.3 Å². The van der Waals surface area contributed by atoms with E-state index in [1.807, 2.05) is 30.3 Å². The minimum atomic E-state index is -0.901. The molecule has 2 aromatic carbocycles. The molecule has 17 heteroatoms. The lowest BCUT2D eigenvalue weighted by atomic mass is 10.2. The average Bonchev–Trinajstić information content (AvgIpc) is 3.21. The Bertz CT molecular complexity index is 1800. The van der Waals surface area contributed by atoms with Crippen molar-refractivity contribution in [1.82, 2.24) is 29.4 Å². The van der Waals surface area contributed by atoms with Crippen LogP contribution in [-0.2, 0) is 44.8 Å². The van der Waals surface area contributed by atoms with Gasteiger partial charge in [-0.1, -0.05) is 61.4 Å². The summed E-state index contributed by atoms with van der Waals surface area (Å²) in [6.45, 7) is 3.06. The predicted molar refractivity (Wildman–Crippen MR) is 216 cm³/mol. The number of methoxy groups -OCH3 is 1. The van der Waals surface area contributed by atoms with Crippen molar-refractivity contribution in [3.8, 4) is 18.1 Å². The summed E-state index contributed by atoms with van der Waals surface area (Å²) in [6, 6.07) is 15.1. The molecule has 0 aliphatic heterocycles. The molecule has 0 fully saturated rings. The van der Waals surface area contributed by atoms with Gasteiger partial charge >= 0.3 is 5.97 Å². The summed E-state index contributed by atoms with van der Waals surface area (Å²) in [5, 5.41) is 9.60. The van der Waals surface area contributed by atoms with Crippen LogP contribution in [0.25, 0.3) is 0 Å². The number of para-hydroxylation sites is 1. The Hall–Kier alpha value is -6.38. The molecular formula is C42H54N6O11. The van der Waals surface area contributed by atoms with Crippen LogP contribution in [0.1, 0.15) is 36.2 Å². The van der Waals surface area contributed by atoms with E-state index >= 15 is 0 Å². The highest BCUT2D eigenvalue weighted by atomic mass is 16.5. The Balaban J connectivity index is 2.17. The zero-order valence-electron chi connectivity index (χ0n) is 34.0. The molecule has 0 bridgehead atoms. The normalized spacial score (nSPS) is 10.4. The van der Waals surface area contributed by atoms with Gasteiger partial charge in [0.25, 0.3) is 0 Å². The number of aliphatic hydroxyl groups excluding tert-OH is 1. The molecule has 2 rings (SSSR count). The van der Waals surface area contributed by atoms with Crippen molar-refractivity contribution < 1.29 is 52.9 Å². The van der Waals surface area contributed by atoms with Gasteiger partial charge in [-0.25, -0.2) is 4.79 Å². The van der Waals surface area contributed by atoms with E-state index in [1.54, 1.807) is 19.1 Å². The summed E-state index contributed by atoms with van der Waals surface area (Å²) in [6.07, 6.45) is 7.86. The number of aldehydes is 1. The number of hydrogen-bond acceptors (Lipinski definition) is 11. The standard InChI is InChI=1S/C42H54N6O11/c1-6-18-43(26-38(53)45(20-8-3)28-40(55)46(21-23-49)31-42(57)59-36-17-13-12-16-35(36)32-50)37(52)27-44(19-7-2)39(54)29-47(22-24-58-5)41(56)30-48(33(4)51)25-34-14-10-9-11-15-34/h3,7,9-17,32,49H,2,6,18-31H2,1,4-5H3. The van der Waals surface area contributed by atoms with Gasteiger partial charge < -0.3 is 44.0 Å². The zero-order chi connectivity index (χ0) is 43.7. The van der Waals surface area contributed by atoms with E-state index in [2.05, 4.69) is 12.5 Å². The van der Waals surface area contributed by atoms with Crippen molar-refractivity contribution >= 4 is 47.7 Å². The Labute approximate surface area is 345 Å². The van der Waals surface area contributed by atoms with Crippen LogP contribution in [0.3, 0.4) is 0 Å². The molecule has 0 saturated carbocycles. The molecule has 2 aromatic rings. The highest BCUT2D eigenvalue weighted by Crippen LogP contribution is 2.16. The maximum Gasteiger partial charge on any atom is 0.331 e. The van der Waals surface area contributed by atoms with Crippen LogP contribution in [0.5, 0.6) is 5.75 Å². The molecule has 0 aromatic heterocycles. The molecule has 59 heavy (non-hydrogen) atoms. The average molecular weight is 819 g/mol. The minimum absolute atomic E-state index is 0.0190. The third-order valence-electron chi connectivity index (χ3n) is 8.71. The van der Waals surface area contributed by atoms with Gasteiger partial charge in [0.05, 0.1) is 38.4 Å². The smallest absolute Gasteiger partial charge is 0.331 e. The summed E-state index contributed by atoms with van der Waals surface area (Å²) in [5.74, 6) is -2.11. The van der Waals surface area contributed by atoms with Crippen LogP contribution in [0.15, 0.2) is 67.3 Å². The number of carbonyl (C=O) groups is 8. The molecule has 318 valence electrons. The summed E-state index contributed by atoms with van der Waals surface area (Å²) in [4.78, 5) is 111. The molecule has 17 nitrogen and oxygen atoms in total. The molecule has 0 aliphatic rings. The van der Waals surface area contributed by atoms with E-state index < -0.39 is 74.8 Å². The van der Waals surface area contributed by atoms with E-state index in [9.17, 15) is 43.5 Å². The van der Waals surface area contributed by atoms with Crippen LogP contribution < -0.4 is 4.74 Å². The second kappa shape index (κ2) is 26.5. The largest absolute Gasteiger partial charge is 0.424 e. The number of carbonyl (C=O) groups excluding carboxylic acids is 8. The number of rotatable bonds is 26. The summed E-state index contributed by atoms with van der Waals surface area (Å²) in [5.41, 5.74) is 0.928. The van der Waals surface area contributed by atoms with Crippen LogP contribution in [0.2, 0.25) is 0 Å². The Morgan fingerprint density at radius 1 is 0.729 bits per heavy atom.